The average Bonchev–Trinajstić information content (AvgIpc) is 2.84. The van der Waals surface area contributed by atoms with E-state index in [0.717, 1.165) is 6.42 Å². The van der Waals surface area contributed by atoms with Crippen LogP contribution in [-0.2, 0) is 19.1 Å². The Morgan fingerprint density at radius 1 is 1.42 bits per heavy atom. The van der Waals surface area contributed by atoms with Crippen LogP contribution in [0.1, 0.15) is 26.2 Å². The maximum absolute atomic E-state index is 12.0. The van der Waals surface area contributed by atoms with Gasteiger partial charge in [0.2, 0.25) is 5.91 Å². The van der Waals surface area contributed by atoms with Crippen LogP contribution in [0, 0.1) is 11.3 Å². The molecule has 1 spiro atoms. The molecule has 19 heavy (non-hydrogen) atoms. The van der Waals surface area contributed by atoms with E-state index in [1.54, 1.807) is 0 Å². The minimum absolute atomic E-state index is 0.236. The molecule has 2 N–H and O–H groups in total. The van der Waals surface area contributed by atoms with Gasteiger partial charge in [-0.25, -0.2) is 0 Å². The van der Waals surface area contributed by atoms with Crippen LogP contribution in [0.4, 0.5) is 0 Å². The lowest BCUT2D eigenvalue weighted by atomic mass is 9.68. The largest absolute Gasteiger partial charge is 0.480 e. The highest BCUT2D eigenvalue weighted by atomic mass is 16.6. The highest BCUT2D eigenvalue weighted by Crippen LogP contribution is 2.43. The molecular weight excluding hydrogens is 250 g/mol. The summed E-state index contributed by atoms with van der Waals surface area (Å²) in [6, 6.07) is 0. The van der Waals surface area contributed by atoms with Gasteiger partial charge in [0.05, 0.1) is 12.2 Å². The fraction of sp³-hybridized carbons (Fsp3) is 0.846. The minimum Gasteiger partial charge on any atom is -0.480 e. The standard InChI is InChI=1S/C13H21NO5/c1-12(11(16)17,10(15)14-2)9-3-5-19-13(7-9)4-6-18-8-13/h9H,3-8H2,1-2H3,(H,14,15)(H,16,17). The first-order valence-electron chi connectivity index (χ1n) is 6.62. The molecule has 3 unspecified atom stereocenters. The zero-order valence-electron chi connectivity index (χ0n) is 11.4. The zero-order valence-corrected chi connectivity index (χ0v) is 11.4. The van der Waals surface area contributed by atoms with Crippen molar-refractivity contribution in [1.29, 1.82) is 0 Å². The third kappa shape index (κ3) is 2.34. The van der Waals surface area contributed by atoms with E-state index in [1.807, 2.05) is 0 Å². The monoisotopic (exact) mass is 271 g/mol. The van der Waals surface area contributed by atoms with Gasteiger partial charge < -0.3 is 19.9 Å². The Labute approximate surface area is 112 Å². The van der Waals surface area contributed by atoms with E-state index in [0.29, 0.717) is 32.7 Å². The molecule has 108 valence electrons. The fourth-order valence-corrected chi connectivity index (χ4v) is 3.10. The first kappa shape index (κ1) is 14.3. The molecule has 2 aliphatic heterocycles. The van der Waals surface area contributed by atoms with Gasteiger partial charge >= 0.3 is 5.97 Å². The number of nitrogens with one attached hydrogen (secondary N) is 1. The highest BCUT2D eigenvalue weighted by Gasteiger charge is 2.53. The van der Waals surface area contributed by atoms with Crippen molar-refractivity contribution in [3.05, 3.63) is 0 Å². The number of rotatable bonds is 3. The Balaban J connectivity index is 2.22. The Bertz CT molecular complexity index is 377. The Morgan fingerprint density at radius 2 is 2.16 bits per heavy atom. The van der Waals surface area contributed by atoms with Crippen LogP contribution in [0.3, 0.4) is 0 Å². The molecule has 0 aliphatic carbocycles. The van der Waals surface area contributed by atoms with Gasteiger partial charge in [-0.1, -0.05) is 0 Å². The molecule has 6 nitrogen and oxygen atoms in total. The highest BCUT2D eigenvalue weighted by molar-refractivity contribution is 6.01. The molecule has 0 saturated carbocycles. The number of aliphatic carboxylic acids is 1. The van der Waals surface area contributed by atoms with Crippen molar-refractivity contribution in [1.82, 2.24) is 5.32 Å². The molecule has 0 radical (unpaired) electrons. The molecule has 0 aromatic carbocycles. The maximum atomic E-state index is 12.0. The SMILES string of the molecule is CNC(=O)C(C)(C(=O)O)C1CCOC2(CCOC2)C1. The summed E-state index contributed by atoms with van der Waals surface area (Å²) in [6.07, 6.45) is 1.91. The van der Waals surface area contributed by atoms with E-state index in [2.05, 4.69) is 5.32 Å². The van der Waals surface area contributed by atoms with E-state index >= 15 is 0 Å². The summed E-state index contributed by atoms with van der Waals surface area (Å²) in [5.41, 5.74) is -1.80. The van der Waals surface area contributed by atoms with Crippen LogP contribution in [0.2, 0.25) is 0 Å². The summed E-state index contributed by atoms with van der Waals surface area (Å²) in [7, 11) is 1.47. The lowest BCUT2D eigenvalue weighted by molar-refractivity contribution is -0.168. The van der Waals surface area contributed by atoms with E-state index in [9.17, 15) is 14.7 Å². The van der Waals surface area contributed by atoms with Gasteiger partial charge in [-0.3, -0.25) is 9.59 Å². The summed E-state index contributed by atoms with van der Waals surface area (Å²) in [6.45, 7) is 3.12. The van der Waals surface area contributed by atoms with Gasteiger partial charge in [0.1, 0.15) is 5.41 Å². The summed E-state index contributed by atoms with van der Waals surface area (Å²) < 4.78 is 11.2. The fourth-order valence-electron chi connectivity index (χ4n) is 3.10. The molecule has 6 heteroatoms. The molecule has 2 heterocycles. The van der Waals surface area contributed by atoms with Gasteiger partial charge in [-0.15, -0.1) is 0 Å². The van der Waals surface area contributed by atoms with Crippen molar-refractivity contribution in [3.8, 4) is 0 Å². The van der Waals surface area contributed by atoms with E-state index in [1.165, 1.54) is 14.0 Å². The molecule has 3 atom stereocenters. The second-order valence-electron chi connectivity index (χ2n) is 5.61. The van der Waals surface area contributed by atoms with Crippen molar-refractivity contribution < 1.29 is 24.2 Å². The van der Waals surface area contributed by atoms with E-state index in [-0.39, 0.29) is 5.92 Å². The van der Waals surface area contributed by atoms with Gasteiger partial charge in [0.15, 0.2) is 0 Å². The first-order valence-corrected chi connectivity index (χ1v) is 6.62. The van der Waals surface area contributed by atoms with Crippen LogP contribution in [0.15, 0.2) is 0 Å². The number of ether oxygens (including phenoxy) is 2. The maximum Gasteiger partial charge on any atom is 0.319 e. The summed E-state index contributed by atoms with van der Waals surface area (Å²) >= 11 is 0. The molecule has 0 bridgehead atoms. The smallest absolute Gasteiger partial charge is 0.319 e. The molecule has 1 amide bonds. The van der Waals surface area contributed by atoms with E-state index in [4.69, 9.17) is 9.47 Å². The molecule has 0 aromatic heterocycles. The molecule has 2 aliphatic rings. The summed E-state index contributed by atoms with van der Waals surface area (Å²) in [5, 5.41) is 12.0. The number of hydrogen-bond donors (Lipinski definition) is 2. The molecule has 2 fully saturated rings. The first-order chi connectivity index (χ1) is 8.94. The third-order valence-corrected chi connectivity index (χ3v) is 4.52. The number of carboxylic acids is 1. The van der Waals surface area contributed by atoms with Crippen LogP contribution in [-0.4, -0.2) is 49.5 Å². The summed E-state index contributed by atoms with van der Waals surface area (Å²) in [5.74, 6) is -1.76. The number of amides is 1. The van der Waals surface area contributed by atoms with Gasteiger partial charge in [-0.2, -0.15) is 0 Å². The van der Waals surface area contributed by atoms with Gasteiger partial charge in [0, 0.05) is 26.7 Å². The average molecular weight is 271 g/mol. The predicted octanol–water partition coefficient (Wildman–Crippen LogP) is 0.409. The molecule has 2 saturated heterocycles. The van der Waals surface area contributed by atoms with Crippen molar-refractivity contribution in [2.45, 2.75) is 31.8 Å². The molecule has 0 aromatic rings. The normalized spacial score (nSPS) is 33.9. The van der Waals surface area contributed by atoms with Crippen molar-refractivity contribution >= 4 is 11.9 Å². The number of carboxylic acid groups (broad SMARTS) is 1. The predicted molar refractivity (Wildman–Crippen MR) is 66.7 cm³/mol. The Morgan fingerprint density at radius 3 is 2.68 bits per heavy atom. The van der Waals surface area contributed by atoms with Crippen molar-refractivity contribution in [2.75, 3.05) is 26.9 Å². The second kappa shape index (κ2) is 5.09. The van der Waals surface area contributed by atoms with Crippen molar-refractivity contribution in [2.24, 2.45) is 11.3 Å². The quantitative estimate of drug-likeness (QED) is 0.726. The number of carbonyl (C=O) groups is 2. The van der Waals surface area contributed by atoms with Crippen LogP contribution >= 0.6 is 0 Å². The molecular formula is C13H21NO5. The Hall–Kier alpha value is -1.14. The lowest BCUT2D eigenvalue weighted by Crippen LogP contribution is -2.53. The van der Waals surface area contributed by atoms with Gasteiger partial charge in [0.25, 0.3) is 0 Å². The minimum atomic E-state index is -1.41. The van der Waals surface area contributed by atoms with Crippen LogP contribution in [0.5, 0.6) is 0 Å². The zero-order chi connectivity index (χ0) is 14.1. The number of hydrogen-bond acceptors (Lipinski definition) is 4. The van der Waals surface area contributed by atoms with Crippen LogP contribution < -0.4 is 5.32 Å². The Kier molecular flexibility index (Phi) is 3.82. The van der Waals surface area contributed by atoms with Crippen molar-refractivity contribution in [3.63, 3.8) is 0 Å². The third-order valence-electron chi connectivity index (χ3n) is 4.52. The topological polar surface area (TPSA) is 84.9 Å². The summed E-state index contributed by atoms with van der Waals surface area (Å²) in [4.78, 5) is 23.6. The van der Waals surface area contributed by atoms with E-state index < -0.39 is 22.9 Å². The number of carbonyl (C=O) groups excluding carboxylic acids is 1. The molecule has 2 rings (SSSR count). The lowest BCUT2D eigenvalue weighted by Gasteiger charge is -2.42. The van der Waals surface area contributed by atoms with Gasteiger partial charge in [-0.05, 0) is 25.7 Å². The second-order valence-corrected chi connectivity index (χ2v) is 5.61. The van der Waals surface area contributed by atoms with Crippen LogP contribution in [0.25, 0.3) is 0 Å².